The number of hydrogen-bond donors (Lipinski definition) is 12. The molecule has 2 heterocycles. The first-order valence-corrected chi connectivity index (χ1v) is 22.1. The number of unbranched alkanes of at least 4 members (excludes halogenated alkanes) is 3. The normalized spacial score (nSPS) is 25.6. The Hall–Kier alpha value is -4.60. The fraction of sp³-hybridized carbons (Fsp3) is 0.714. The van der Waals surface area contributed by atoms with Gasteiger partial charge in [-0.25, -0.2) is 9.59 Å². The van der Waals surface area contributed by atoms with E-state index >= 15 is 0 Å². The van der Waals surface area contributed by atoms with E-state index in [0.717, 1.165) is 5.56 Å². The maximum Gasteiger partial charge on any atom is 0.408 e. The molecular formula is C42H68N6O18. The summed E-state index contributed by atoms with van der Waals surface area (Å²) < 4.78 is 26.7. The number of amides is 5. The standard InChI is InChI=1S/C42H68N6O18/c1-25-33(53)35(55)37(57)40(65-25)62-19-17-45-31(51)22-48(23-32(52)46-18-20-63-41-38(58)36(56)34(54)26(2)66-41)21-30(50)44-15-9-4-7-14-29(49)43-16-10-8-13-28(39(59)60)47-42(61)64-24-27-11-5-3-6-12-27/h3,5-6,11-12,25-26,28,33-38,40-41,53-58H,4,7-10,13-24H2,1-2H3,(H,43,49)(H,44,50)(H,45,51)(H,46,52)(H,47,61)(H,59,60)/t25-,26-,28?,33+,34+,35+,36+,37-,38-,40+,41+/m0/s1. The van der Waals surface area contributed by atoms with Gasteiger partial charge in [-0.2, -0.15) is 0 Å². The van der Waals surface area contributed by atoms with Gasteiger partial charge in [0.25, 0.3) is 0 Å². The van der Waals surface area contributed by atoms with E-state index in [4.69, 9.17) is 23.7 Å². The molecule has 2 aliphatic heterocycles. The summed E-state index contributed by atoms with van der Waals surface area (Å²) in [6, 6.07) is 7.81. The Labute approximate surface area is 382 Å². The number of carboxylic acids is 1. The van der Waals surface area contributed by atoms with Crippen LogP contribution in [0.5, 0.6) is 0 Å². The lowest BCUT2D eigenvalue weighted by atomic mass is 10.0. The smallest absolute Gasteiger partial charge is 0.408 e. The van der Waals surface area contributed by atoms with Gasteiger partial charge in [-0.15, -0.1) is 0 Å². The molecule has 1 aromatic rings. The zero-order valence-electron chi connectivity index (χ0n) is 37.3. The van der Waals surface area contributed by atoms with E-state index in [-0.39, 0.29) is 64.7 Å². The zero-order chi connectivity index (χ0) is 48.6. The van der Waals surface area contributed by atoms with Crippen LogP contribution in [0.3, 0.4) is 0 Å². The topological polar surface area (TPSA) is 354 Å². The average molecular weight is 945 g/mol. The highest BCUT2D eigenvalue weighted by molar-refractivity contribution is 5.84. The van der Waals surface area contributed by atoms with Crippen molar-refractivity contribution in [3.05, 3.63) is 35.9 Å². The first-order chi connectivity index (χ1) is 31.5. The van der Waals surface area contributed by atoms with E-state index in [2.05, 4.69) is 26.6 Å². The summed E-state index contributed by atoms with van der Waals surface area (Å²) >= 11 is 0. The van der Waals surface area contributed by atoms with Crippen molar-refractivity contribution in [2.24, 2.45) is 0 Å². The van der Waals surface area contributed by atoms with E-state index in [0.29, 0.717) is 38.6 Å². The molecule has 66 heavy (non-hydrogen) atoms. The maximum absolute atomic E-state index is 12.9. The molecule has 24 heteroatoms. The number of aliphatic carboxylic acids is 1. The van der Waals surface area contributed by atoms with Crippen molar-refractivity contribution in [2.45, 2.75) is 133 Å². The molecule has 24 nitrogen and oxygen atoms in total. The molecule has 11 atom stereocenters. The van der Waals surface area contributed by atoms with E-state index in [1.165, 1.54) is 18.7 Å². The van der Waals surface area contributed by atoms with Crippen LogP contribution in [0.2, 0.25) is 0 Å². The molecule has 0 aliphatic carbocycles. The molecule has 0 radical (unpaired) electrons. The van der Waals surface area contributed by atoms with Crippen molar-refractivity contribution in [3.63, 3.8) is 0 Å². The Morgan fingerprint density at radius 1 is 0.606 bits per heavy atom. The molecule has 5 amide bonds. The highest BCUT2D eigenvalue weighted by atomic mass is 16.7. The Morgan fingerprint density at radius 2 is 1.08 bits per heavy atom. The maximum atomic E-state index is 12.9. The van der Waals surface area contributed by atoms with Crippen molar-refractivity contribution in [3.8, 4) is 0 Å². The summed E-state index contributed by atoms with van der Waals surface area (Å²) in [4.78, 5) is 75.9. The average Bonchev–Trinajstić information content (AvgIpc) is 3.28. The van der Waals surface area contributed by atoms with Crippen LogP contribution >= 0.6 is 0 Å². The predicted octanol–water partition coefficient (Wildman–Crippen LogP) is -3.45. The molecule has 2 fully saturated rings. The van der Waals surface area contributed by atoms with Crippen LogP contribution in [0.15, 0.2) is 30.3 Å². The van der Waals surface area contributed by atoms with Gasteiger partial charge in [-0.1, -0.05) is 36.8 Å². The van der Waals surface area contributed by atoms with Gasteiger partial charge >= 0.3 is 12.1 Å². The summed E-state index contributed by atoms with van der Waals surface area (Å²) in [7, 11) is 0. The van der Waals surface area contributed by atoms with Crippen molar-refractivity contribution in [2.75, 3.05) is 59.0 Å². The number of carbonyl (C=O) groups is 6. The van der Waals surface area contributed by atoms with Crippen molar-refractivity contribution in [1.29, 1.82) is 0 Å². The van der Waals surface area contributed by atoms with Crippen LogP contribution in [0.1, 0.15) is 64.4 Å². The van der Waals surface area contributed by atoms with Crippen molar-refractivity contribution >= 4 is 35.7 Å². The molecule has 0 spiro atoms. The summed E-state index contributed by atoms with van der Waals surface area (Å²) in [6.45, 7) is 1.99. The van der Waals surface area contributed by atoms with Gasteiger partial charge in [0.15, 0.2) is 12.6 Å². The molecule has 2 saturated heterocycles. The fourth-order valence-corrected chi connectivity index (χ4v) is 6.75. The lowest BCUT2D eigenvalue weighted by molar-refractivity contribution is -0.292. The Morgan fingerprint density at radius 3 is 1.58 bits per heavy atom. The van der Waals surface area contributed by atoms with Crippen LogP contribution in [-0.4, -0.2) is 203 Å². The number of carbonyl (C=O) groups excluding carboxylic acids is 5. The number of nitrogens with zero attached hydrogens (tertiary/aromatic N) is 1. The predicted molar refractivity (Wildman–Crippen MR) is 229 cm³/mol. The first kappa shape index (κ1) is 55.7. The minimum atomic E-state index is -1.53. The molecule has 3 rings (SSSR count). The van der Waals surface area contributed by atoms with Crippen LogP contribution in [0.25, 0.3) is 0 Å². The number of aliphatic hydroxyl groups is 6. The summed E-state index contributed by atoms with van der Waals surface area (Å²) in [5.41, 5.74) is 0.760. The molecule has 0 bridgehead atoms. The van der Waals surface area contributed by atoms with Gasteiger partial charge in [-0.05, 0) is 51.5 Å². The van der Waals surface area contributed by atoms with Crippen molar-refractivity contribution in [1.82, 2.24) is 31.5 Å². The summed E-state index contributed by atoms with van der Waals surface area (Å²) in [5, 5.41) is 82.5. The lowest BCUT2D eigenvalue weighted by Crippen LogP contribution is -2.57. The third-order valence-electron chi connectivity index (χ3n) is 10.6. The van der Waals surface area contributed by atoms with Gasteiger partial charge in [0.05, 0.1) is 45.1 Å². The van der Waals surface area contributed by atoms with E-state index in [1.807, 2.05) is 6.07 Å². The third-order valence-corrected chi connectivity index (χ3v) is 10.6. The van der Waals surface area contributed by atoms with Gasteiger partial charge in [-0.3, -0.25) is 24.1 Å². The molecule has 2 aliphatic rings. The van der Waals surface area contributed by atoms with E-state index < -0.39 is 110 Å². The molecule has 1 aromatic carbocycles. The second kappa shape index (κ2) is 29.9. The molecule has 0 saturated carbocycles. The first-order valence-electron chi connectivity index (χ1n) is 22.1. The van der Waals surface area contributed by atoms with Crippen LogP contribution < -0.4 is 26.6 Å². The summed E-state index contributed by atoms with van der Waals surface area (Å²) in [6.07, 6.45) is -10.7. The highest BCUT2D eigenvalue weighted by Crippen LogP contribution is 2.22. The number of nitrogens with one attached hydrogen (secondary N) is 5. The number of rotatable bonds is 29. The molecule has 12 N–H and O–H groups in total. The number of hydrogen-bond acceptors (Lipinski definition) is 18. The zero-order valence-corrected chi connectivity index (χ0v) is 37.3. The molecule has 0 aromatic heterocycles. The Balaban J connectivity index is 1.34. The number of aliphatic hydroxyl groups excluding tert-OH is 6. The Bertz CT molecular complexity index is 1590. The second-order valence-corrected chi connectivity index (χ2v) is 16.1. The van der Waals surface area contributed by atoms with E-state index in [1.54, 1.807) is 24.3 Å². The molecular weight excluding hydrogens is 876 g/mol. The van der Waals surface area contributed by atoms with Gasteiger partial charge in [0, 0.05) is 32.6 Å². The Kier molecular flexibility index (Phi) is 25.3. The number of ether oxygens (including phenoxy) is 5. The van der Waals surface area contributed by atoms with Crippen LogP contribution in [-0.2, 0) is 54.3 Å². The van der Waals surface area contributed by atoms with E-state index in [9.17, 15) is 64.5 Å². The second-order valence-electron chi connectivity index (χ2n) is 16.1. The quantitative estimate of drug-likeness (QED) is 0.0348. The van der Waals surface area contributed by atoms with Crippen molar-refractivity contribution < 1.29 is 88.2 Å². The monoisotopic (exact) mass is 944 g/mol. The largest absolute Gasteiger partial charge is 0.480 e. The molecule has 1 unspecified atom stereocenters. The minimum absolute atomic E-state index is 0.00246. The number of carboxylic acid groups (broad SMARTS) is 1. The minimum Gasteiger partial charge on any atom is -0.480 e. The molecule has 374 valence electrons. The van der Waals surface area contributed by atoms with Crippen LogP contribution in [0, 0.1) is 0 Å². The van der Waals surface area contributed by atoms with Gasteiger partial charge < -0.3 is 86.0 Å². The van der Waals surface area contributed by atoms with Gasteiger partial charge in [0.2, 0.25) is 23.6 Å². The van der Waals surface area contributed by atoms with Crippen LogP contribution in [0.4, 0.5) is 4.79 Å². The van der Waals surface area contributed by atoms with Gasteiger partial charge in [0.1, 0.15) is 49.3 Å². The number of benzene rings is 1. The summed E-state index contributed by atoms with van der Waals surface area (Å²) in [5.74, 6) is -3.03. The lowest BCUT2D eigenvalue weighted by Gasteiger charge is -2.38. The SMILES string of the molecule is C[C@@H]1O[C@@H](OCCNC(=O)CN(CC(=O)NCCCCCC(=O)NCCCCC(NC(=O)OCc2ccccc2)C(=O)O)CC(=O)NCCO[C@@H]2O[C@@H](C)[C@@H](O)[C@@H](O)[C@@H]2O)[C@@H](O)[C@H](O)[C@@H]1O. The third kappa shape index (κ3) is 20.5. The number of alkyl carbamates (subject to hydrolysis) is 1. The highest BCUT2D eigenvalue weighted by Gasteiger charge is 2.43. The fourth-order valence-electron chi connectivity index (χ4n) is 6.75.